The van der Waals surface area contributed by atoms with Crippen LogP contribution in [0, 0.1) is 13.8 Å². The summed E-state index contributed by atoms with van der Waals surface area (Å²) in [6.07, 6.45) is 3.10. The monoisotopic (exact) mass is 347 g/mol. The van der Waals surface area contributed by atoms with Gasteiger partial charge < -0.3 is 15.2 Å². The molecule has 130 valence electrons. The van der Waals surface area contributed by atoms with E-state index >= 15 is 0 Å². The summed E-state index contributed by atoms with van der Waals surface area (Å²) in [5, 5.41) is 16.3. The second kappa shape index (κ2) is 7.74. The van der Waals surface area contributed by atoms with Crippen molar-refractivity contribution >= 4 is 17.3 Å². The number of fused-ring (bicyclic) bond motifs is 1. The Hall–Kier alpha value is -1.96. The maximum absolute atomic E-state index is 4.64. The van der Waals surface area contributed by atoms with Crippen LogP contribution in [0.3, 0.4) is 0 Å². The quantitative estimate of drug-likeness (QED) is 0.613. The first-order valence-corrected chi connectivity index (χ1v) is 9.35. The number of aryl methyl sites for hydroxylation is 3. The molecule has 0 saturated carbocycles. The lowest BCUT2D eigenvalue weighted by atomic mass is 10.4. The summed E-state index contributed by atoms with van der Waals surface area (Å²) >= 11 is 1.77. The molecule has 1 aliphatic heterocycles. The van der Waals surface area contributed by atoms with E-state index in [1.54, 1.807) is 11.3 Å². The van der Waals surface area contributed by atoms with Crippen LogP contribution in [0.25, 0.3) is 0 Å². The predicted octanol–water partition coefficient (Wildman–Crippen LogP) is 1.60. The molecule has 0 aliphatic carbocycles. The molecule has 3 rings (SSSR count). The molecule has 0 spiro atoms. The summed E-state index contributed by atoms with van der Waals surface area (Å²) in [6, 6.07) is 0. The molecule has 2 aromatic rings. The Kier molecular flexibility index (Phi) is 5.44. The van der Waals surface area contributed by atoms with Crippen LogP contribution in [0.1, 0.15) is 40.6 Å². The number of hydrogen-bond donors (Lipinski definition) is 2. The average Bonchev–Trinajstić information content (AvgIpc) is 3.23. The minimum atomic E-state index is 0.553. The van der Waals surface area contributed by atoms with Crippen LogP contribution in [0.5, 0.6) is 0 Å². The predicted molar refractivity (Wildman–Crippen MR) is 96.5 cm³/mol. The van der Waals surface area contributed by atoms with Gasteiger partial charge in [-0.1, -0.05) is 0 Å². The SMILES string of the molecule is CCNC(=NCc1nnc2n1CCC2)NCCc1nc(C)c(C)s1. The molecule has 0 aromatic carbocycles. The van der Waals surface area contributed by atoms with Crippen LogP contribution in [-0.4, -0.2) is 38.8 Å². The van der Waals surface area contributed by atoms with E-state index in [0.29, 0.717) is 6.54 Å². The fourth-order valence-electron chi connectivity index (χ4n) is 2.75. The third kappa shape index (κ3) is 3.92. The van der Waals surface area contributed by atoms with E-state index in [9.17, 15) is 0 Å². The number of thiazole rings is 1. The minimum Gasteiger partial charge on any atom is -0.357 e. The van der Waals surface area contributed by atoms with Gasteiger partial charge in [-0.15, -0.1) is 21.5 Å². The minimum absolute atomic E-state index is 0.553. The van der Waals surface area contributed by atoms with Crippen LogP contribution >= 0.6 is 11.3 Å². The van der Waals surface area contributed by atoms with Crippen LogP contribution in [-0.2, 0) is 25.9 Å². The Morgan fingerprint density at radius 2 is 2.17 bits per heavy atom. The van der Waals surface area contributed by atoms with E-state index in [2.05, 4.69) is 56.1 Å². The molecule has 2 aromatic heterocycles. The molecule has 0 saturated heterocycles. The van der Waals surface area contributed by atoms with Crippen molar-refractivity contribution in [1.82, 2.24) is 30.4 Å². The highest BCUT2D eigenvalue weighted by Gasteiger charge is 2.16. The second-order valence-corrected chi connectivity index (χ2v) is 7.20. The Labute approximate surface area is 146 Å². The molecule has 0 bridgehead atoms. The van der Waals surface area contributed by atoms with E-state index in [1.807, 2.05) is 0 Å². The Balaban J connectivity index is 1.55. The molecule has 0 atom stereocenters. The third-order valence-electron chi connectivity index (χ3n) is 4.11. The van der Waals surface area contributed by atoms with Gasteiger partial charge in [-0.05, 0) is 27.2 Å². The molecule has 1 aliphatic rings. The first-order chi connectivity index (χ1) is 11.7. The van der Waals surface area contributed by atoms with Gasteiger partial charge in [0.1, 0.15) is 12.4 Å². The zero-order valence-corrected chi connectivity index (χ0v) is 15.4. The summed E-state index contributed by atoms with van der Waals surface area (Å²) in [7, 11) is 0. The van der Waals surface area contributed by atoms with Crippen LogP contribution in [0.4, 0.5) is 0 Å². The topological polar surface area (TPSA) is 80.0 Å². The van der Waals surface area contributed by atoms with Gasteiger partial charge in [0.15, 0.2) is 11.8 Å². The van der Waals surface area contributed by atoms with Gasteiger partial charge in [0.25, 0.3) is 0 Å². The number of guanidine groups is 1. The summed E-state index contributed by atoms with van der Waals surface area (Å²) in [6.45, 7) is 9.46. The lowest BCUT2D eigenvalue weighted by Crippen LogP contribution is -2.38. The molecule has 0 amide bonds. The lowest BCUT2D eigenvalue weighted by Gasteiger charge is -2.10. The molecule has 2 N–H and O–H groups in total. The highest BCUT2D eigenvalue weighted by molar-refractivity contribution is 7.11. The first kappa shape index (κ1) is 16.9. The fourth-order valence-corrected chi connectivity index (χ4v) is 3.69. The van der Waals surface area contributed by atoms with E-state index in [0.717, 1.165) is 62.2 Å². The second-order valence-electron chi connectivity index (χ2n) is 5.91. The third-order valence-corrected chi connectivity index (χ3v) is 5.25. The van der Waals surface area contributed by atoms with Crippen molar-refractivity contribution in [2.24, 2.45) is 4.99 Å². The van der Waals surface area contributed by atoms with Gasteiger partial charge in [0.2, 0.25) is 0 Å². The Morgan fingerprint density at radius 1 is 1.29 bits per heavy atom. The summed E-state index contributed by atoms with van der Waals surface area (Å²) < 4.78 is 2.19. The highest BCUT2D eigenvalue weighted by Crippen LogP contribution is 2.16. The fraction of sp³-hybridized carbons (Fsp3) is 0.625. The van der Waals surface area contributed by atoms with Gasteiger partial charge in [0.05, 0.1) is 10.7 Å². The molecule has 0 unspecified atom stereocenters. The Bertz CT molecular complexity index is 697. The number of nitrogens with one attached hydrogen (secondary N) is 2. The van der Waals surface area contributed by atoms with Crippen LogP contribution in [0.2, 0.25) is 0 Å². The number of aromatic nitrogens is 4. The van der Waals surface area contributed by atoms with Gasteiger partial charge in [-0.25, -0.2) is 9.98 Å². The molecule has 8 heteroatoms. The zero-order chi connectivity index (χ0) is 16.9. The smallest absolute Gasteiger partial charge is 0.191 e. The molecular formula is C16H25N7S. The molecule has 0 radical (unpaired) electrons. The van der Waals surface area contributed by atoms with Crippen molar-refractivity contribution in [3.8, 4) is 0 Å². The Morgan fingerprint density at radius 3 is 2.92 bits per heavy atom. The summed E-state index contributed by atoms with van der Waals surface area (Å²) in [5.41, 5.74) is 1.14. The van der Waals surface area contributed by atoms with Crippen molar-refractivity contribution in [1.29, 1.82) is 0 Å². The van der Waals surface area contributed by atoms with Crippen molar-refractivity contribution in [2.75, 3.05) is 13.1 Å². The van der Waals surface area contributed by atoms with Crippen molar-refractivity contribution in [3.63, 3.8) is 0 Å². The van der Waals surface area contributed by atoms with Gasteiger partial charge in [-0.3, -0.25) is 0 Å². The molecule has 24 heavy (non-hydrogen) atoms. The molecule has 3 heterocycles. The van der Waals surface area contributed by atoms with Crippen molar-refractivity contribution in [2.45, 2.75) is 53.1 Å². The highest BCUT2D eigenvalue weighted by atomic mass is 32.1. The number of nitrogens with zero attached hydrogens (tertiary/aromatic N) is 5. The van der Waals surface area contributed by atoms with E-state index in [-0.39, 0.29) is 0 Å². The van der Waals surface area contributed by atoms with E-state index in [1.165, 1.54) is 9.88 Å². The normalized spacial score (nSPS) is 14.0. The summed E-state index contributed by atoms with van der Waals surface area (Å²) in [4.78, 5) is 10.5. The lowest BCUT2D eigenvalue weighted by molar-refractivity contribution is 0.684. The largest absolute Gasteiger partial charge is 0.357 e. The number of aliphatic imine (C=N–C) groups is 1. The van der Waals surface area contributed by atoms with Crippen LogP contribution in [0.15, 0.2) is 4.99 Å². The van der Waals surface area contributed by atoms with Crippen molar-refractivity contribution < 1.29 is 0 Å². The maximum atomic E-state index is 4.64. The first-order valence-electron chi connectivity index (χ1n) is 8.53. The van der Waals surface area contributed by atoms with Gasteiger partial charge >= 0.3 is 0 Å². The van der Waals surface area contributed by atoms with Crippen LogP contribution < -0.4 is 10.6 Å². The number of rotatable bonds is 6. The van der Waals surface area contributed by atoms with E-state index in [4.69, 9.17) is 0 Å². The summed E-state index contributed by atoms with van der Waals surface area (Å²) in [5.74, 6) is 2.86. The standard InChI is InChI=1S/C16H25N7S/c1-4-17-16(18-8-7-15-20-11(2)12(3)24-15)19-10-14-22-21-13-6-5-9-23(13)14/h4-10H2,1-3H3,(H2,17,18,19). The molecule has 7 nitrogen and oxygen atoms in total. The average molecular weight is 347 g/mol. The van der Waals surface area contributed by atoms with Crippen molar-refractivity contribution in [3.05, 3.63) is 27.2 Å². The zero-order valence-electron chi connectivity index (χ0n) is 14.6. The number of hydrogen-bond acceptors (Lipinski definition) is 5. The molecule has 0 fully saturated rings. The maximum Gasteiger partial charge on any atom is 0.191 e. The molecular weight excluding hydrogens is 322 g/mol. The van der Waals surface area contributed by atoms with Gasteiger partial charge in [-0.2, -0.15) is 0 Å². The van der Waals surface area contributed by atoms with Gasteiger partial charge in [0, 0.05) is 37.4 Å². The van der Waals surface area contributed by atoms with E-state index < -0.39 is 0 Å².